The Kier molecular flexibility index (Phi) is 5.46. The first-order chi connectivity index (χ1) is 12.9. The number of carbonyl (C=O) groups excluding carboxylic acids is 2. The molecule has 0 aliphatic rings. The zero-order chi connectivity index (χ0) is 19.4. The average Bonchev–Trinajstić information content (AvgIpc) is 3.10. The standard InChI is InChI=1S/C18H16ClN5O3/c1-11(25)21-12-6-7-13(14(19)9-12)18(26)24(2)10-16-22-17(23-27-16)15-5-3-4-8-20-15/h3-9H,10H2,1-2H3,(H,21,25). The molecule has 2 amide bonds. The highest BCUT2D eigenvalue weighted by atomic mass is 35.5. The van der Waals surface area contributed by atoms with Crippen molar-refractivity contribution >= 4 is 29.1 Å². The number of nitrogens with zero attached hydrogens (tertiary/aromatic N) is 4. The second-order valence-electron chi connectivity index (χ2n) is 5.76. The summed E-state index contributed by atoms with van der Waals surface area (Å²) in [6.07, 6.45) is 1.63. The maximum Gasteiger partial charge on any atom is 0.255 e. The lowest BCUT2D eigenvalue weighted by molar-refractivity contribution is -0.114. The lowest BCUT2D eigenvalue weighted by Gasteiger charge is -2.16. The van der Waals surface area contributed by atoms with Gasteiger partial charge in [-0.2, -0.15) is 4.98 Å². The Hall–Kier alpha value is -3.26. The van der Waals surface area contributed by atoms with Crippen LogP contribution in [0.2, 0.25) is 5.02 Å². The number of rotatable bonds is 5. The van der Waals surface area contributed by atoms with Crippen molar-refractivity contribution in [2.45, 2.75) is 13.5 Å². The van der Waals surface area contributed by atoms with Crippen LogP contribution in [0.15, 0.2) is 47.1 Å². The van der Waals surface area contributed by atoms with Gasteiger partial charge in [0.2, 0.25) is 17.6 Å². The highest BCUT2D eigenvalue weighted by Crippen LogP contribution is 2.23. The summed E-state index contributed by atoms with van der Waals surface area (Å²) in [6.45, 7) is 1.51. The van der Waals surface area contributed by atoms with Crippen LogP contribution < -0.4 is 5.32 Å². The van der Waals surface area contributed by atoms with Crippen LogP contribution in [0.1, 0.15) is 23.2 Å². The molecule has 27 heavy (non-hydrogen) atoms. The first kappa shape index (κ1) is 18.5. The van der Waals surface area contributed by atoms with Gasteiger partial charge in [-0.1, -0.05) is 22.8 Å². The summed E-state index contributed by atoms with van der Waals surface area (Å²) < 4.78 is 5.19. The Labute approximate surface area is 160 Å². The molecule has 3 aromatic rings. The lowest BCUT2D eigenvalue weighted by Crippen LogP contribution is -2.26. The summed E-state index contributed by atoms with van der Waals surface area (Å²) in [5, 5.41) is 6.72. The number of hydrogen-bond donors (Lipinski definition) is 1. The minimum Gasteiger partial charge on any atom is -0.337 e. The fourth-order valence-electron chi connectivity index (χ4n) is 2.37. The van der Waals surface area contributed by atoms with Crippen molar-refractivity contribution in [3.63, 3.8) is 0 Å². The number of halogens is 1. The van der Waals surface area contributed by atoms with Crippen LogP contribution in [-0.4, -0.2) is 38.9 Å². The molecular formula is C18H16ClN5O3. The zero-order valence-electron chi connectivity index (χ0n) is 14.6. The van der Waals surface area contributed by atoms with E-state index in [0.29, 0.717) is 22.8 Å². The Balaban J connectivity index is 1.71. The molecule has 0 aliphatic heterocycles. The minimum atomic E-state index is -0.313. The second-order valence-corrected chi connectivity index (χ2v) is 6.17. The topological polar surface area (TPSA) is 101 Å². The van der Waals surface area contributed by atoms with E-state index >= 15 is 0 Å². The summed E-state index contributed by atoms with van der Waals surface area (Å²) in [5.41, 5.74) is 1.40. The summed E-state index contributed by atoms with van der Waals surface area (Å²) in [6, 6.07) is 10.1. The predicted molar refractivity (Wildman–Crippen MR) is 99.1 cm³/mol. The third kappa shape index (κ3) is 4.48. The molecule has 1 aromatic carbocycles. The Morgan fingerprint density at radius 2 is 2.07 bits per heavy atom. The molecule has 1 N–H and O–H groups in total. The normalized spacial score (nSPS) is 10.5. The van der Waals surface area contributed by atoms with Gasteiger partial charge in [-0.3, -0.25) is 14.6 Å². The van der Waals surface area contributed by atoms with Crippen molar-refractivity contribution in [2.75, 3.05) is 12.4 Å². The number of nitrogens with one attached hydrogen (secondary N) is 1. The van der Waals surface area contributed by atoms with Gasteiger partial charge in [0.05, 0.1) is 17.1 Å². The number of pyridine rings is 1. The molecule has 0 unspecified atom stereocenters. The third-order valence-electron chi connectivity index (χ3n) is 3.60. The van der Waals surface area contributed by atoms with Gasteiger partial charge in [-0.05, 0) is 30.3 Å². The van der Waals surface area contributed by atoms with Gasteiger partial charge in [0, 0.05) is 25.9 Å². The Morgan fingerprint density at radius 3 is 2.74 bits per heavy atom. The molecule has 3 rings (SSSR count). The van der Waals surface area contributed by atoms with E-state index in [1.807, 2.05) is 6.07 Å². The largest absolute Gasteiger partial charge is 0.337 e. The van der Waals surface area contributed by atoms with E-state index in [0.717, 1.165) is 0 Å². The highest BCUT2D eigenvalue weighted by molar-refractivity contribution is 6.34. The number of amides is 2. The molecular weight excluding hydrogens is 370 g/mol. The van der Waals surface area contributed by atoms with Crippen LogP contribution >= 0.6 is 11.6 Å². The zero-order valence-corrected chi connectivity index (χ0v) is 15.4. The molecule has 0 atom stereocenters. The summed E-state index contributed by atoms with van der Waals surface area (Å²) >= 11 is 6.18. The number of anilines is 1. The average molecular weight is 386 g/mol. The van der Waals surface area contributed by atoms with E-state index in [1.54, 1.807) is 37.5 Å². The first-order valence-corrected chi connectivity index (χ1v) is 8.38. The molecule has 0 saturated carbocycles. The van der Waals surface area contributed by atoms with Gasteiger partial charge in [0.25, 0.3) is 5.91 Å². The minimum absolute atomic E-state index is 0.114. The Morgan fingerprint density at radius 1 is 1.26 bits per heavy atom. The maximum atomic E-state index is 12.6. The molecule has 0 bridgehead atoms. The molecule has 0 aliphatic carbocycles. The van der Waals surface area contributed by atoms with E-state index in [1.165, 1.54) is 17.9 Å². The van der Waals surface area contributed by atoms with Crippen LogP contribution in [0.5, 0.6) is 0 Å². The molecule has 0 fully saturated rings. The van der Waals surface area contributed by atoms with Gasteiger partial charge < -0.3 is 14.7 Å². The van der Waals surface area contributed by atoms with Crippen molar-refractivity contribution in [1.29, 1.82) is 0 Å². The molecule has 2 aromatic heterocycles. The smallest absolute Gasteiger partial charge is 0.255 e. The Bertz CT molecular complexity index is 974. The fourth-order valence-corrected chi connectivity index (χ4v) is 2.63. The van der Waals surface area contributed by atoms with Crippen molar-refractivity contribution in [2.24, 2.45) is 0 Å². The van der Waals surface area contributed by atoms with Gasteiger partial charge in [-0.15, -0.1) is 0 Å². The number of carbonyl (C=O) groups is 2. The maximum absolute atomic E-state index is 12.6. The van der Waals surface area contributed by atoms with Crippen molar-refractivity contribution in [1.82, 2.24) is 20.0 Å². The predicted octanol–water partition coefficient (Wildman–Crippen LogP) is 3.02. The number of hydrogen-bond acceptors (Lipinski definition) is 6. The fraction of sp³-hybridized carbons (Fsp3) is 0.167. The SMILES string of the molecule is CC(=O)Nc1ccc(C(=O)N(C)Cc2nc(-c3ccccn3)no2)c(Cl)c1. The second kappa shape index (κ2) is 7.96. The molecule has 2 heterocycles. The quantitative estimate of drug-likeness (QED) is 0.724. The molecule has 0 radical (unpaired) electrons. The van der Waals surface area contributed by atoms with Crippen molar-refractivity contribution < 1.29 is 14.1 Å². The molecule has 8 nitrogen and oxygen atoms in total. The van der Waals surface area contributed by atoms with Gasteiger partial charge in [0.15, 0.2) is 0 Å². The summed E-state index contributed by atoms with van der Waals surface area (Å²) in [4.78, 5) is 33.5. The van der Waals surface area contributed by atoms with Crippen LogP contribution in [0.25, 0.3) is 11.5 Å². The van der Waals surface area contributed by atoms with Crippen LogP contribution in [0.3, 0.4) is 0 Å². The van der Waals surface area contributed by atoms with Gasteiger partial charge >= 0.3 is 0 Å². The van der Waals surface area contributed by atoms with E-state index in [2.05, 4.69) is 20.4 Å². The highest BCUT2D eigenvalue weighted by Gasteiger charge is 2.19. The summed E-state index contributed by atoms with van der Waals surface area (Å²) in [5.74, 6) is 0.0935. The first-order valence-electron chi connectivity index (χ1n) is 8.00. The van der Waals surface area contributed by atoms with E-state index in [9.17, 15) is 9.59 Å². The lowest BCUT2D eigenvalue weighted by atomic mass is 10.1. The monoisotopic (exact) mass is 385 g/mol. The van der Waals surface area contributed by atoms with Crippen LogP contribution in [-0.2, 0) is 11.3 Å². The van der Waals surface area contributed by atoms with Crippen LogP contribution in [0.4, 0.5) is 5.69 Å². The molecule has 138 valence electrons. The third-order valence-corrected chi connectivity index (χ3v) is 3.91. The summed E-state index contributed by atoms with van der Waals surface area (Å²) in [7, 11) is 1.60. The number of benzene rings is 1. The molecule has 9 heteroatoms. The molecule has 0 spiro atoms. The number of aromatic nitrogens is 3. The van der Waals surface area contributed by atoms with Gasteiger partial charge in [0.1, 0.15) is 5.69 Å². The van der Waals surface area contributed by atoms with E-state index in [-0.39, 0.29) is 29.3 Å². The van der Waals surface area contributed by atoms with E-state index in [4.69, 9.17) is 16.1 Å². The van der Waals surface area contributed by atoms with Crippen LogP contribution in [0, 0.1) is 0 Å². The van der Waals surface area contributed by atoms with Crippen molar-refractivity contribution in [3.8, 4) is 11.5 Å². The molecule has 0 saturated heterocycles. The van der Waals surface area contributed by atoms with E-state index < -0.39 is 0 Å². The van der Waals surface area contributed by atoms with Gasteiger partial charge in [-0.25, -0.2) is 0 Å². The van der Waals surface area contributed by atoms with Crippen molar-refractivity contribution in [3.05, 3.63) is 59.1 Å².